The van der Waals surface area contributed by atoms with E-state index in [4.69, 9.17) is 4.74 Å². The van der Waals surface area contributed by atoms with Crippen LogP contribution in [-0.2, 0) is 14.6 Å². The molecule has 5 nitrogen and oxygen atoms in total. The first-order chi connectivity index (χ1) is 10.1. The third-order valence-electron chi connectivity index (χ3n) is 4.25. The summed E-state index contributed by atoms with van der Waals surface area (Å²) < 4.78 is 29.8. The highest BCUT2D eigenvalue weighted by Crippen LogP contribution is 2.27. The van der Waals surface area contributed by atoms with Gasteiger partial charge in [0.15, 0.2) is 14.9 Å². The normalized spacial score (nSPS) is 23.6. The molecule has 0 spiro atoms. The van der Waals surface area contributed by atoms with E-state index in [1.54, 1.807) is 33.0 Å². The first kappa shape index (κ1) is 17.2. The van der Waals surface area contributed by atoms with Crippen molar-refractivity contribution >= 4 is 15.5 Å². The molecule has 22 heavy (non-hydrogen) atoms. The van der Waals surface area contributed by atoms with Gasteiger partial charge < -0.3 is 9.64 Å². The van der Waals surface area contributed by atoms with Crippen molar-refractivity contribution in [3.63, 3.8) is 0 Å². The van der Waals surface area contributed by atoms with Crippen LogP contribution >= 0.6 is 0 Å². The Balaban J connectivity index is 2.23. The Morgan fingerprint density at radius 2 is 2.05 bits per heavy atom. The highest BCUT2D eigenvalue weighted by molar-refractivity contribution is 7.92. The average Bonchev–Trinajstić information content (AvgIpc) is 2.46. The van der Waals surface area contributed by atoms with Gasteiger partial charge in [-0.15, -0.1) is 0 Å². The summed E-state index contributed by atoms with van der Waals surface area (Å²) >= 11 is 0. The molecule has 1 aromatic heterocycles. The van der Waals surface area contributed by atoms with E-state index in [0.717, 1.165) is 25.2 Å². The predicted molar refractivity (Wildman–Crippen MR) is 88.0 cm³/mol. The molecule has 0 N–H and O–H groups in total. The number of hydrogen-bond acceptors (Lipinski definition) is 5. The lowest BCUT2D eigenvalue weighted by molar-refractivity contribution is -0.0441. The van der Waals surface area contributed by atoms with E-state index in [1.165, 1.54) is 0 Å². The van der Waals surface area contributed by atoms with Crippen molar-refractivity contribution in [2.24, 2.45) is 0 Å². The number of sulfone groups is 1. The molecule has 0 aromatic carbocycles. The van der Waals surface area contributed by atoms with Crippen LogP contribution in [-0.4, -0.2) is 43.4 Å². The van der Waals surface area contributed by atoms with Crippen LogP contribution in [0.4, 0.5) is 5.69 Å². The second kappa shape index (κ2) is 5.81. The van der Waals surface area contributed by atoms with Crippen molar-refractivity contribution in [1.29, 1.82) is 0 Å². The van der Waals surface area contributed by atoms with E-state index in [1.807, 2.05) is 6.07 Å². The van der Waals surface area contributed by atoms with E-state index in [9.17, 15) is 8.42 Å². The molecular formula is C16H26N2O3S. The van der Waals surface area contributed by atoms with Gasteiger partial charge in [0, 0.05) is 13.1 Å². The third-order valence-corrected chi connectivity index (χ3v) is 6.66. The third kappa shape index (κ3) is 3.27. The maximum absolute atomic E-state index is 12.4. The molecule has 1 saturated heterocycles. The van der Waals surface area contributed by atoms with Gasteiger partial charge in [0.05, 0.1) is 28.8 Å². The Morgan fingerprint density at radius 3 is 2.55 bits per heavy atom. The van der Waals surface area contributed by atoms with E-state index in [0.29, 0.717) is 6.61 Å². The molecule has 124 valence electrons. The molecule has 2 heterocycles. The fourth-order valence-electron chi connectivity index (χ4n) is 2.40. The molecule has 1 atom stereocenters. The molecule has 0 amide bonds. The summed E-state index contributed by atoms with van der Waals surface area (Å²) in [5.74, 6) is 0. The number of hydrogen-bond donors (Lipinski definition) is 0. The monoisotopic (exact) mass is 326 g/mol. The number of aromatic nitrogens is 1. The van der Waals surface area contributed by atoms with Crippen molar-refractivity contribution < 1.29 is 13.2 Å². The van der Waals surface area contributed by atoms with Gasteiger partial charge in [-0.2, -0.15) is 0 Å². The minimum absolute atomic E-state index is 0.135. The molecule has 0 radical (unpaired) electrons. The van der Waals surface area contributed by atoms with Crippen LogP contribution in [0.3, 0.4) is 0 Å². The number of rotatable bonds is 3. The lowest BCUT2D eigenvalue weighted by Crippen LogP contribution is -2.49. The molecule has 0 bridgehead atoms. The molecule has 2 rings (SSSR count). The van der Waals surface area contributed by atoms with Gasteiger partial charge in [0.2, 0.25) is 0 Å². The van der Waals surface area contributed by atoms with E-state index in [2.05, 4.69) is 23.7 Å². The molecule has 1 aliphatic heterocycles. The van der Waals surface area contributed by atoms with Gasteiger partial charge in [0.1, 0.15) is 0 Å². The molecule has 0 aliphatic carbocycles. The Hall–Kier alpha value is -1.14. The molecule has 6 heteroatoms. The zero-order valence-electron chi connectivity index (χ0n) is 14.1. The molecule has 1 unspecified atom stereocenters. The van der Waals surface area contributed by atoms with Crippen LogP contribution in [0.1, 0.15) is 41.0 Å². The lowest BCUT2D eigenvalue weighted by Gasteiger charge is -2.41. The lowest BCUT2D eigenvalue weighted by atomic mass is 10.0. The topological polar surface area (TPSA) is 59.5 Å². The van der Waals surface area contributed by atoms with Crippen LogP contribution < -0.4 is 4.90 Å². The second-order valence-corrected chi connectivity index (χ2v) is 9.69. The predicted octanol–water partition coefficient (Wildman–Crippen LogP) is 2.66. The first-order valence-corrected chi connectivity index (χ1v) is 9.17. The van der Waals surface area contributed by atoms with Gasteiger partial charge in [-0.3, -0.25) is 0 Å². The maximum atomic E-state index is 12.4. The van der Waals surface area contributed by atoms with Gasteiger partial charge in [-0.1, -0.05) is 6.92 Å². The molecule has 0 saturated carbocycles. The van der Waals surface area contributed by atoms with Crippen LogP contribution in [0.25, 0.3) is 0 Å². The molecule has 1 aliphatic rings. The summed E-state index contributed by atoms with van der Waals surface area (Å²) in [6.45, 7) is 11.5. The quantitative estimate of drug-likeness (QED) is 0.854. The van der Waals surface area contributed by atoms with Crippen LogP contribution in [0, 0.1) is 0 Å². The molecule has 1 fully saturated rings. The highest BCUT2D eigenvalue weighted by atomic mass is 32.2. The number of anilines is 1. The summed E-state index contributed by atoms with van der Waals surface area (Å²) in [5, 5.41) is 0.135. The summed E-state index contributed by atoms with van der Waals surface area (Å²) in [6.07, 6.45) is 2.59. The van der Waals surface area contributed by atoms with Crippen molar-refractivity contribution in [3.8, 4) is 0 Å². The number of pyridine rings is 1. The number of morpholine rings is 1. The highest BCUT2D eigenvalue weighted by Gasteiger charge is 2.33. The van der Waals surface area contributed by atoms with Crippen LogP contribution in [0.5, 0.6) is 0 Å². The Kier molecular flexibility index (Phi) is 4.55. The van der Waals surface area contributed by atoms with Gasteiger partial charge >= 0.3 is 0 Å². The van der Waals surface area contributed by atoms with Crippen LogP contribution in [0.15, 0.2) is 23.4 Å². The molecular weight excluding hydrogens is 300 g/mol. The summed E-state index contributed by atoms with van der Waals surface area (Å²) in [6, 6.07) is 3.45. The van der Waals surface area contributed by atoms with E-state index < -0.39 is 14.6 Å². The van der Waals surface area contributed by atoms with Crippen molar-refractivity contribution in [2.45, 2.75) is 56.4 Å². The minimum Gasteiger partial charge on any atom is -0.372 e. The fraction of sp³-hybridized carbons (Fsp3) is 0.688. The Labute approximate surface area is 133 Å². The maximum Gasteiger partial charge on any atom is 0.200 e. The number of ether oxygens (including phenoxy) is 1. The van der Waals surface area contributed by atoms with Crippen LogP contribution in [0.2, 0.25) is 0 Å². The van der Waals surface area contributed by atoms with Crippen molar-refractivity contribution in [3.05, 3.63) is 18.3 Å². The fourth-order valence-corrected chi connectivity index (χ4v) is 3.46. The average molecular weight is 326 g/mol. The van der Waals surface area contributed by atoms with Crippen molar-refractivity contribution in [1.82, 2.24) is 4.98 Å². The molecule has 1 aromatic rings. The van der Waals surface area contributed by atoms with E-state index >= 15 is 0 Å². The van der Waals surface area contributed by atoms with Crippen molar-refractivity contribution in [2.75, 3.05) is 24.6 Å². The largest absolute Gasteiger partial charge is 0.372 e. The summed E-state index contributed by atoms with van der Waals surface area (Å²) in [5.41, 5.74) is 0.782. The summed E-state index contributed by atoms with van der Waals surface area (Å²) in [4.78, 5) is 6.40. The van der Waals surface area contributed by atoms with E-state index in [-0.39, 0.29) is 10.6 Å². The summed E-state index contributed by atoms with van der Waals surface area (Å²) in [7, 11) is -3.41. The second-order valence-electron chi connectivity index (χ2n) is 7.04. The minimum atomic E-state index is -3.41. The Morgan fingerprint density at radius 1 is 1.36 bits per heavy atom. The zero-order valence-corrected chi connectivity index (χ0v) is 14.9. The Bertz CT molecular complexity index is 620. The standard InChI is InChI=1S/C16H26N2O3S/c1-6-16(5)12-18(9-10-21-16)13-7-8-14(17-11-13)22(19,20)15(2,3)4/h7-8,11H,6,9-10,12H2,1-5H3. The van der Waals surface area contributed by atoms with Gasteiger partial charge in [-0.05, 0) is 46.2 Å². The van der Waals surface area contributed by atoms with Gasteiger partial charge in [-0.25, -0.2) is 13.4 Å². The van der Waals surface area contributed by atoms with Gasteiger partial charge in [0.25, 0.3) is 0 Å². The smallest absolute Gasteiger partial charge is 0.200 e. The first-order valence-electron chi connectivity index (χ1n) is 7.69. The number of nitrogens with zero attached hydrogens (tertiary/aromatic N) is 2. The zero-order chi connectivity index (χ0) is 16.6. The SMILES string of the molecule is CCC1(C)CN(c2ccc(S(=O)(=O)C(C)(C)C)nc2)CCO1.